The zero-order chi connectivity index (χ0) is 20.5. The lowest BCUT2D eigenvalue weighted by atomic mass is 9.79. The number of nitrogens with zero attached hydrogens (tertiary/aromatic N) is 3. The molecule has 0 aliphatic carbocycles. The predicted molar refractivity (Wildman–Crippen MR) is 94.6 cm³/mol. The maximum atomic E-state index is 13.5. The summed E-state index contributed by atoms with van der Waals surface area (Å²) in [5.74, 6) is -4.59. The third-order valence-electron chi connectivity index (χ3n) is 4.45. The fraction of sp³-hybridized carbons (Fsp3) is 0.294. The number of likely N-dealkylation sites (tertiary alicyclic amines) is 1. The first kappa shape index (κ1) is 19.7. The summed E-state index contributed by atoms with van der Waals surface area (Å²) in [6.45, 7) is -1.42. The molecular weight excluding hydrogens is 373 g/mol. The zero-order valence-electron chi connectivity index (χ0n) is 14.5. The van der Waals surface area contributed by atoms with Gasteiger partial charge in [-0.25, -0.2) is 8.78 Å². The van der Waals surface area contributed by atoms with E-state index < -0.39 is 50.4 Å². The van der Waals surface area contributed by atoms with Gasteiger partial charge in [-0.1, -0.05) is 12.1 Å². The average Bonchev–Trinajstić information content (AvgIpc) is 2.99. The Morgan fingerprint density at radius 2 is 2.14 bits per heavy atom. The minimum Gasteiger partial charge on any atom is -0.423 e. The molecule has 1 aliphatic rings. The van der Waals surface area contributed by atoms with Crippen LogP contribution in [0.2, 0.25) is 0 Å². The number of carbonyl (C=O) groups is 2. The molecule has 28 heavy (non-hydrogen) atoms. The van der Waals surface area contributed by atoms with Gasteiger partial charge in [0.15, 0.2) is 0 Å². The smallest absolute Gasteiger partial charge is 0.423 e. The van der Waals surface area contributed by atoms with Crippen molar-refractivity contribution in [3.05, 3.63) is 36.0 Å². The van der Waals surface area contributed by atoms with Crippen molar-refractivity contribution >= 4 is 35.3 Å². The van der Waals surface area contributed by atoms with Crippen LogP contribution in [-0.4, -0.2) is 63.9 Å². The Bertz CT molecular complexity index is 979. The number of fused-ring (bicyclic) bond motifs is 1. The summed E-state index contributed by atoms with van der Waals surface area (Å²) in [5.41, 5.74) is 0.706. The Kier molecular flexibility index (Phi) is 5.26. The number of amides is 2. The van der Waals surface area contributed by atoms with Gasteiger partial charge in [0.05, 0.1) is 30.2 Å². The molecule has 1 aliphatic heterocycles. The standard InChI is InChI=1S/C17H15BF2N4O4/c19-17(20)6-11(7-21)24(9-17)15(25)8-23-16(26)12-3-4-22-14-2-1-10(18(27)28)5-13(12)14/h1-5,11,27-28H,6,8-9H2,(H,23,26)/t11-/m0/s1. The van der Waals surface area contributed by atoms with E-state index >= 15 is 0 Å². The molecule has 3 rings (SSSR count). The molecule has 0 saturated carbocycles. The molecule has 1 fully saturated rings. The minimum absolute atomic E-state index is 0.129. The number of aromatic nitrogens is 1. The molecule has 1 atom stereocenters. The third-order valence-corrected chi connectivity index (χ3v) is 4.45. The van der Waals surface area contributed by atoms with Gasteiger partial charge in [0.2, 0.25) is 5.91 Å². The fourth-order valence-corrected chi connectivity index (χ4v) is 3.07. The molecular formula is C17H15BF2N4O4. The first-order valence-electron chi connectivity index (χ1n) is 8.32. The maximum Gasteiger partial charge on any atom is 0.488 e. The van der Waals surface area contributed by atoms with E-state index in [9.17, 15) is 28.4 Å². The first-order valence-corrected chi connectivity index (χ1v) is 8.32. The molecule has 144 valence electrons. The molecule has 11 heteroatoms. The van der Waals surface area contributed by atoms with E-state index in [2.05, 4.69) is 10.3 Å². The molecule has 0 bridgehead atoms. The van der Waals surface area contributed by atoms with Gasteiger partial charge in [-0.2, -0.15) is 5.26 Å². The predicted octanol–water partition coefficient (Wildman–Crippen LogP) is -0.596. The molecule has 1 aromatic carbocycles. The normalized spacial score (nSPS) is 18.0. The minimum atomic E-state index is -3.14. The molecule has 3 N–H and O–H groups in total. The van der Waals surface area contributed by atoms with Crippen molar-refractivity contribution in [2.24, 2.45) is 0 Å². The highest BCUT2D eigenvalue weighted by Crippen LogP contribution is 2.31. The Labute approximate surface area is 158 Å². The number of carbonyl (C=O) groups excluding carboxylic acids is 2. The molecule has 1 saturated heterocycles. The van der Waals surface area contributed by atoms with E-state index in [1.54, 1.807) is 6.07 Å². The van der Waals surface area contributed by atoms with E-state index in [0.717, 1.165) is 4.90 Å². The molecule has 8 nitrogen and oxygen atoms in total. The monoisotopic (exact) mass is 388 g/mol. The second-order valence-corrected chi connectivity index (χ2v) is 6.42. The number of hydrogen-bond acceptors (Lipinski definition) is 6. The largest absolute Gasteiger partial charge is 0.488 e. The topological polar surface area (TPSA) is 127 Å². The van der Waals surface area contributed by atoms with Gasteiger partial charge in [0, 0.05) is 18.0 Å². The van der Waals surface area contributed by atoms with Crippen LogP contribution in [0.5, 0.6) is 0 Å². The van der Waals surface area contributed by atoms with Crippen LogP contribution >= 0.6 is 0 Å². The second-order valence-electron chi connectivity index (χ2n) is 6.42. The molecule has 0 radical (unpaired) electrons. The Balaban J connectivity index is 1.76. The summed E-state index contributed by atoms with van der Waals surface area (Å²) < 4.78 is 26.9. The lowest BCUT2D eigenvalue weighted by Gasteiger charge is -2.19. The highest BCUT2D eigenvalue weighted by Gasteiger charge is 2.47. The lowest BCUT2D eigenvalue weighted by Crippen LogP contribution is -2.43. The van der Waals surface area contributed by atoms with Gasteiger partial charge in [0.25, 0.3) is 11.8 Å². The molecule has 0 unspecified atom stereocenters. The van der Waals surface area contributed by atoms with E-state index in [0.29, 0.717) is 10.9 Å². The van der Waals surface area contributed by atoms with Crippen LogP contribution < -0.4 is 10.8 Å². The lowest BCUT2D eigenvalue weighted by molar-refractivity contribution is -0.131. The van der Waals surface area contributed by atoms with Gasteiger partial charge in [-0.05, 0) is 17.6 Å². The Morgan fingerprint density at radius 3 is 2.82 bits per heavy atom. The number of rotatable bonds is 4. The van der Waals surface area contributed by atoms with E-state index in [1.807, 2.05) is 0 Å². The SMILES string of the molecule is N#C[C@@H]1CC(F)(F)CN1C(=O)CNC(=O)c1ccnc2ccc(B(O)O)cc12. The van der Waals surface area contributed by atoms with Crippen LogP contribution in [0.15, 0.2) is 30.5 Å². The number of pyridine rings is 1. The molecule has 2 amide bonds. The van der Waals surface area contributed by atoms with Gasteiger partial charge in [-0.3, -0.25) is 14.6 Å². The number of nitriles is 1. The first-order chi connectivity index (χ1) is 13.2. The maximum absolute atomic E-state index is 13.5. The molecule has 2 aromatic rings. The van der Waals surface area contributed by atoms with Crippen molar-refractivity contribution < 1.29 is 28.4 Å². The van der Waals surface area contributed by atoms with Gasteiger partial charge in [0.1, 0.15) is 6.04 Å². The van der Waals surface area contributed by atoms with Gasteiger partial charge >= 0.3 is 7.12 Å². The van der Waals surface area contributed by atoms with Crippen molar-refractivity contribution in [3.63, 3.8) is 0 Å². The van der Waals surface area contributed by atoms with Crippen molar-refractivity contribution in [1.29, 1.82) is 5.26 Å². The van der Waals surface area contributed by atoms with Crippen molar-refractivity contribution in [2.75, 3.05) is 13.1 Å². The van der Waals surface area contributed by atoms with E-state index in [-0.39, 0.29) is 11.0 Å². The van der Waals surface area contributed by atoms with Gasteiger partial charge in [-0.15, -0.1) is 0 Å². The van der Waals surface area contributed by atoms with Gasteiger partial charge < -0.3 is 20.3 Å². The van der Waals surface area contributed by atoms with Crippen molar-refractivity contribution in [2.45, 2.75) is 18.4 Å². The number of hydrogen-bond donors (Lipinski definition) is 3. The van der Waals surface area contributed by atoms with Crippen LogP contribution in [0.4, 0.5) is 8.78 Å². The molecule has 2 heterocycles. The van der Waals surface area contributed by atoms with Crippen molar-refractivity contribution in [3.8, 4) is 6.07 Å². The summed E-state index contributed by atoms with van der Waals surface area (Å²) >= 11 is 0. The highest BCUT2D eigenvalue weighted by atomic mass is 19.3. The van der Waals surface area contributed by atoms with Crippen LogP contribution in [0, 0.1) is 11.3 Å². The summed E-state index contributed by atoms with van der Waals surface area (Å²) in [7, 11) is -1.73. The Morgan fingerprint density at radius 1 is 1.39 bits per heavy atom. The summed E-state index contributed by atoms with van der Waals surface area (Å²) in [5, 5.41) is 30.2. The van der Waals surface area contributed by atoms with Crippen LogP contribution in [-0.2, 0) is 4.79 Å². The van der Waals surface area contributed by atoms with Crippen LogP contribution in [0.1, 0.15) is 16.8 Å². The summed E-state index contributed by atoms with van der Waals surface area (Å²) in [4.78, 5) is 29.5. The Hall–Kier alpha value is -3.10. The fourth-order valence-electron chi connectivity index (χ4n) is 3.07. The van der Waals surface area contributed by atoms with E-state index in [1.165, 1.54) is 30.5 Å². The second kappa shape index (κ2) is 7.50. The number of halogens is 2. The number of alkyl halides is 2. The summed E-state index contributed by atoms with van der Waals surface area (Å²) in [6.07, 6.45) is 0.644. The highest BCUT2D eigenvalue weighted by molar-refractivity contribution is 6.59. The van der Waals surface area contributed by atoms with Crippen molar-refractivity contribution in [1.82, 2.24) is 15.2 Å². The number of benzene rings is 1. The summed E-state index contributed by atoms with van der Waals surface area (Å²) in [6, 6.07) is 6.15. The van der Waals surface area contributed by atoms with Crippen LogP contribution in [0.3, 0.4) is 0 Å². The van der Waals surface area contributed by atoms with E-state index in [4.69, 9.17) is 5.26 Å². The van der Waals surface area contributed by atoms with Crippen LogP contribution in [0.25, 0.3) is 10.9 Å². The number of nitrogens with one attached hydrogen (secondary N) is 1. The zero-order valence-corrected chi connectivity index (χ0v) is 14.5. The molecule has 1 aromatic heterocycles. The third kappa shape index (κ3) is 3.93. The average molecular weight is 388 g/mol. The molecule has 0 spiro atoms. The quantitative estimate of drug-likeness (QED) is 0.601.